The minimum absolute atomic E-state index is 0.229. The number of hydrogen-bond acceptors (Lipinski definition) is 4. The molecule has 17 heavy (non-hydrogen) atoms. The van der Waals surface area contributed by atoms with Crippen molar-refractivity contribution in [2.45, 2.75) is 6.92 Å². The number of hydrogen-bond donors (Lipinski definition) is 4. The maximum atomic E-state index is 11.3. The SMILES string of the molecule is CCOC(=O)NNC(=O)Nc1ccc(N)cc1. The predicted molar refractivity (Wildman–Crippen MR) is 63.2 cm³/mol. The van der Waals surface area contributed by atoms with E-state index in [1.807, 2.05) is 0 Å². The topological polar surface area (TPSA) is 105 Å². The Kier molecular flexibility index (Phi) is 4.61. The zero-order chi connectivity index (χ0) is 12.7. The van der Waals surface area contributed by atoms with Crippen molar-refractivity contribution in [3.8, 4) is 0 Å². The summed E-state index contributed by atoms with van der Waals surface area (Å²) in [6, 6.07) is 5.99. The van der Waals surface area contributed by atoms with E-state index in [1.165, 1.54) is 0 Å². The normalized spacial score (nSPS) is 9.24. The van der Waals surface area contributed by atoms with Gasteiger partial charge in [0.2, 0.25) is 0 Å². The van der Waals surface area contributed by atoms with Crippen molar-refractivity contribution in [2.24, 2.45) is 0 Å². The Morgan fingerprint density at radius 3 is 2.47 bits per heavy atom. The summed E-state index contributed by atoms with van der Waals surface area (Å²) < 4.78 is 4.55. The van der Waals surface area contributed by atoms with Gasteiger partial charge in [-0.25, -0.2) is 20.4 Å². The number of urea groups is 1. The number of rotatable bonds is 2. The second-order valence-corrected chi connectivity index (χ2v) is 3.05. The molecule has 1 aromatic rings. The van der Waals surface area contributed by atoms with Gasteiger partial charge in [0.15, 0.2) is 0 Å². The van der Waals surface area contributed by atoms with Crippen LogP contribution >= 0.6 is 0 Å². The van der Waals surface area contributed by atoms with E-state index in [-0.39, 0.29) is 6.61 Å². The van der Waals surface area contributed by atoms with Gasteiger partial charge >= 0.3 is 12.1 Å². The Morgan fingerprint density at radius 1 is 1.24 bits per heavy atom. The van der Waals surface area contributed by atoms with Crippen molar-refractivity contribution >= 4 is 23.5 Å². The van der Waals surface area contributed by atoms with Crippen LogP contribution < -0.4 is 21.9 Å². The number of carbonyl (C=O) groups excluding carboxylic acids is 2. The van der Waals surface area contributed by atoms with Crippen LogP contribution in [0.3, 0.4) is 0 Å². The van der Waals surface area contributed by atoms with Gasteiger partial charge in [-0.3, -0.25) is 0 Å². The third-order valence-corrected chi connectivity index (χ3v) is 1.72. The first-order chi connectivity index (χ1) is 8.11. The van der Waals surface area contributed by atoms with Crippen LogP contribution in [0.4, 0.5) is 21.0 Å². The van der Waals surface area contributed by atoms with Crippen LogP contribution in [-0.2, 0) is 4.74 Å². The first-order valence-electron chi connectivity index (χ1n) is 4.97. The summed E-state index contributed by atoms with van der Waals surface area (Å²) in [5.41, 5.74) is 10.8. The minimum Gasteiger partial charge on any atom is -0.449 e. The summed E-state index contributed by atoms with van der Waals surface area (Å²) in [5, 5.41) is 2.49. The third kappa shape index (κ3) is 4.74. The average molecular weight is 238 g/mol. The largest absolute Gasteiger partial charge is 0.449 e. The Balaban J connectivity index is 2.34. The fourth-order valence-electron chi connectivity index (χ4n) is 1.00. The van der Waals surface area contributed by atoms with E-state index in [1.54, 1.807) is 31.2 Å². The molecule has 0 aliphatic carbocycles. The molecule has 3 amide bonds. The fourth-order valence-corrected chi connectivity index (χ4v) is 1.00. The maximum Gasteiger partial charge on any atom is 0.426 e. The number of nitrogens with two attached hydrogens (primary N) is 1. The highest BCUT2D eigenvalue weighted by atomic mass is 16.6. The van der Waals surface area contributed by atoms with Crippen molar-refractivity contribution in [1.29, 1.82) is 0 Å². The lowest BCUT2D eigenvalue weighted by atomic mass is 10.3. The lowest BCUT2D eigenvalue weighted by Gasteiger charge is -2.08. The van der Waals surface area contributed by atoms with Gasteiger partial charge in [0.1, 0.15) is 0 Å². The molecule has 1 aromatic carbocycles. The molecule has 7 nitrogen and oxygen atoms in total. The summed E-state index contributed by atoms with van der Waals surface area (Å²) in [6.45, 7) is 1.89. The maximum absolute atomic E-state index is 11.3. The molecule has 0 atom stereocenters. The lowest BCUT2D eigenvalue weighted by Crippen LogP contribution is -2.44. The molecule has 0 aromatic heterocycles. The standard InChI is InChI=1S/C10H14N4O3/c1-2-17-10(16)14-13-9(15)12-8-5-3-7(11)4-6-8/h3-6H,2,11H2,1H3,(H,14,16)(H2,12,13,15). The predicted octanol–water partition coefficient (Wildman–Crippen LogP) is 1.05. The summed E-state index contributed by atoms with van der Waals surface area (Å²) in [7, 11) is 0. The highest BCUT2D eigenvalue weighted by Crippen LogP contribution is 2.09. The Morgan fingerprint density at radius 2 is 1.88 bits per heavy atom. The zero-order valence-corrected chi connectivity index (χ0v) is 9.32. The molecule has 0 aliphatic rings. The molecule has 0 spiro atoms. The highest BCUT2D eigenvalue weighted by Gasteiger charge is 2.04. The van der Waals surface area contributed by atoms with Crippen molar-refractivity contribution in [3.63, 3.8) is 0 Å². The summed E-state index contributed by atoms with van der Waals surface area (Å²) in [4.78, 5) is 22.1. The van der Waals surface area contributed by atoms with Gasteiger partial charge < -0.3 is 15.8 Å². The van der Waals surface area contributed by atoms with Crippen molar-refractivity contribution < 1.29 is 14.3 Å². The van der Waals surface area contributed by atoms with E-state index in [0.29, 0.717) is 11.4 Å². The van der Waals surface area contributed by atoms with E-state index < -0.39 is 12.1 Å². The molecule has 1 rings (SSSR count). The number of nitrogen functional groups attached to an aromatic ring is 1. The van der Waals surface area contributed by atoms with Crippen LogP contribution in [0.1, 0.15) is 6.92 Å². The molecule has 7 heteroatoms. The molecule has 5 N–H and O–H groups in total. The van der Waals surface area contributed by atoms with E-state index in [4.69, 9.17) is 5.73 Å². The molecular formula is C10H14N4O3. The number of amides is 3. The molecule has 0 aliphatic heterocycles. The van der Waals surface area contributed by atoms with Crippen LogP contribution in [0, 0.1) is 0 Å². The van der Waals surface area contributed by atoms with E-state index in [2.05, 4.69) is 20.9 Å². The highest BCUT2D eigenvalue weighted by molar-refractivity contribution is 5.90. The molecular weight excluding hydrogens is 224 g/mol. The monoisotopic (exact) mass is 238 g/mol. The van der Waals surface area contributed by atoms with Crippen molar-refractivity contribution in [3.05, 3.63) is 24.3 Å². The van der Waals surface area contributed by atoms with E-state index >= 15 is 0 Å². The quantitative estimate of drug-likeness (QED) is 0.456. The van der Waals surface area contributed by atoms with Crippen molar-refractivity contribution in [2.75, 3.05) is 17.7 Å². The number of hydrazine groups is 1. The summed E-state index contributed by atoms with van der Waals surface area (Å²) in [5.74, 6) is 0. The molecule has 0 radical (unpaired) electrons. The van der Waals surface area contributed by atoms with Crippen LogP contribution in [0.5, 0.6) is 0 Å². The number of nitrogens with one attached hydrogen (secondary N) is 3. The Hall–Kier alpha value is -2.44. The van der Waals surface area contributed by atoms with Crippen LogP contribution in [-0.4, -0.2) is 18.7 Å². The summed E-state index contributed by atoms with van der Waals surface area (Å²) in [6.07, 6.45) is -0.722. The fraction of sp³-hybridized carbons (Fsp3) is 0.200. The molecule has 0 fully saturated rings. The Labute approximate surface area is 98.3 Å². The number of carbonyl (C=O) groups is 2. The molecule has 0 heterocycles. The van der Waals surface area contributed by atoms with Crippen molar-refractivity contribution in [1.82, 2.24) is 10.9 Å². The van der Waals surface area contributed by atoms with Gasteiger partial charge in [0.25, 0.3) is 0 Å². The lowest BCUT2D eigenvalue weighted by molar-refractivity contribution is 0.148. The Bertz CT molecular complexity index is 391. The van der Waals surface area contributed by atoms with Gasteiger partial charge in [-0.15, -0.1) is 0 Å². The van der Waals surface area contributed by atoms with E-state index in [0.717, 1.165) is 0 Å². The number of benzene rings is 1. The van der Waals surface area contributed by atoms with Gasteiger partial charge in [0.05, 0.1) is 6.61 Å². The van der Waals surface area contributed by atoms with Gasteiger partial charge in [-0.2, -0.15) is 0 Å². The minimum atomic E-state index is -0.722. The molecule has 0 unspecified atom stereocenters. The molecule has 0 saturated heterocycles. The number of anilines is 2. The molecule has 0 saturated carbocycles. The van der Waals surface area contributed by atoms with Gasteiger partial charge in [-0.05, 0) is 31.2 Å². The zero-order valence-electron chi connectivity index (χ0n) is 9.32. The van der Waals surface area contributed by atoms with Crippen LogP contribution in [0.2, 0.25) is 0 Å². The van der Waals surface area contributed by atoms with Gasteiger partial charge in [-0.1, -0.05) is 0 Å². The third-order valence-electron chi connectivity index (χ3n) is 1.72. The molecule has 0 bridgehead atoms. The van der Waals surface area contributed by atoms with Gasteiger partial charge in [0, 0.05) is 11.4 Å². The van der Waals surface area contributed by atoms with Crippen LogP contribution in [0.25, 0.3) is 0 Å². The van der Waals surface area contributed by atoms with Crippen LogP contribution in [0.15, 0.2) is 24.3 Å². The summed E-state index contributed by atoms with van der Waals surface area (Å²) >= 11 is 0. The second kappa shape index (κ2) is 6.21. The smallest absolute Gasteiger partial charge is 0.426 e. The first-order valence-corrected chi connectivity index (χ1v) is 4.97. The first kappa shape index (κ1) is 12.6. The number of ether oxygens (including phenoxy) is 1. The average Bonchev–Trinajstić information content (AvgIpc) is 2.30. The second-order valence-electron chi connectivity index (χ2n) is 3.05. The molecule has 92 valence electrons. The van der Waals surface area contributed by atoms with E-state index in [9.17, 15) is 9.59 Å².